The molecule has 0 aliphatic carbocycles. The summed E-state index contributed by atoms with van der Waals surface area (Å²) in [5, 5.41) is 0. The number of carbonyl (C=O) groups excluding carboxylic acids is 1. The van der Waals surface area contributed by atoms with Crippen molar-refractivity contribution in [1.82, 2.24) is 0 Å². The van der Waals surface area contributed by atoms with E-state index >= 15 is 0 Å². The third-order valence-electron chi connectivity index (χ3n) is 3.80. The predicted octanol–water partition coefficient (Wildman–Crippen LogP) is 3.65. The van der Waals surface area contributed by atoms with Crippen molar-refractivity contribution in [2.24, 2.45) is 5.41 Å². The van der Waals surface area contributed by atoms with E-state index in [2.05, 4.69) is 18.7 Å². The van der Waals surface area contributed by atoms with Crippen LogP contribution in [0.2, 0.25) is 0 Å². The van der Waals surface area contributed by atoms with Gasteiger partial charge in [-0.2, -0.15) is 0 Å². The van der Waals surface area contributed by atoms with E-state index in [0.717, 1.165) is 37.9 Å². The Morgan fingerprint density at radius 2 is 2.06 bits per heavy atom. The summed E-state index contributed by atoms with van der Waals surface area (Å²) in [6.45, 7) is 6.43. The van der Waals surface area contributed by atoms with Crippen molar-refractivity contribution >= 4 is 12.0 Å². The first-order valence-corrected chi connectivity index (χ1v) is 6.51. The Balaban J connectivity index is 2.23. The summed E-state index contributed by atoms with van der Waals surface area (Å²) in [6.07, 6.45) is 4.15. The van der Waals surface area contributed by atoms with Gasteiger partial charge >= 0.3 is 0 Å². The Morgan fingerprint density at radius 1 is 1.28 bits per heavy atom. The van der Waals surface area contributed by atoms with E-state index in [1.165, 1.54) is 18.6 Å². The first kappa shape index (κ1) is 13.1. The highest BCUT2D eigenvalue weighted by molar-refractivity contribution is 5.84. The average molecular weight is 249 g/mol. The largest absolute Gasteiger partial charge is 0.371 e. The van der Waals surface area contributed by atoms with Crippen molar-refractivity contribution in [2.75, 3.05) is 18.0 Å². The SMILES string of the molecule is CC1(C)CCCN(c2ccc(F)cc2C=O)CC1. The molecule has 1 aliphatic rings. The smallest absolute Gasteiger partial charge is 0.152 e. The number of rotatable bonds is 2. The van der Waals surface area contributed by atoms with E-state index in [9.17, 15) is 9.18 Å². The monoisotopic (exact) mass is 249 g/mol. The summed E-state index contributed by atoms with van der Waals surface area (Å²) in [5.41, 5.74) is 1.68. The fourth-order valence-corrected chi connectivity index (χ4v) is 2.57. The Kier molecular flexibility index (Phi) is 3.69. The van der Waals surface area contributed by atoms with Crippen LogP contribution in [0.1, 0.15) is 43.5 Å². The number of benzene rings is 1. The van der Waals surface area contributed by atoms with Gasteiger partial charge in [0.05, 0.1) is 0 Å². The molecule has 18 heavy (non-hydrogen) atoms. The zero-order valence-corrected chi connectivity index (χ0v) is 11.1. The van der Waals surface area contributed by atoms with Gasteiger partial charge in [0.25, 0.3) is 0 Å². The van der Waals surface area contributed by atoms with Gasteiger partial charge in [0, 0.05) is 24.3 Å². The molecule has 1 aromatic carbocycles. The molecule has 1 aliphatic heterocycles. The van der Waals surface area contributed by atoms with Gasteiger partial charge in [-0.05, 0) is 42.9 Å². The summed E-state index contributed by atoms with van der Waals surface area (Å²) in [4.78, 5) is 13.2. The summed E-state index contributed by atoms with van der Waals surface area (Å²) in [6, 6.07) is 4.47. The number of anilines is 1. The normalized spacial score (nSPS) is 19.4. The van der Waals surface area contributed by atoms with Gasteiger partial charge in [0.2, 0.25) is 0 Å². The zero-order valence-electron chi connectivity index (χ0n) is 11.1. The molecule has 98 valence electrons. The minimum atomic E-state index is -0.351. The number of carbonyl (C=O) groups is 1. The quantitative estimate of drug-likeness (QED) is 0.746. The van der Waals surface area contributed by atoms with Crippen LogP contribution in [0.5, 0.6) is 0 Å². The molecule has 0 atom stereocenters. The second-order valence-corrected chi connectivity index (χ2v) is 5.83. The highest BCUT2D eigenvalue weighted by Crippen LogP contribution is 2.32. The van der Waals surface area contributed by atoms with Crippen molar-refractivity contribution in [3.8, 4) is 0 Å². The van der Waals surface area contributed by atoms with Crippen LogP contribution in [0, 0.1) is 11.2 Å². The fraction of sp³-hybridized carbons (Fsp3) is 0.533. The molecular weight excluding hydrogens is 229 g/mol. The van der Waals surface area contributed by atoms with Gasteiger partial charge in [-0.3, -0.25) is 4.79 Å². The molecule has 0 saturated carbocycles. The van der Waals surface area contributed by atoms with Gasteiger partial charge in [0.15, 0.2) is 6.29 Å². The van der Waals surface area contributed by atoms with Gasteiger partial charge in [0.1, 0.15) is 5.82 Å². The van der Waals surface area contributed by atoms with Crippen molar-refractivity contribution in [2.45, 2.75) is 33.1 Å². The molecule has 3 heteroatoms. The van der Waals surface area contributed by atoms with Crippen LogP contribution >= 0.6 is 0 Å². The van der Waals surface area contributed by atoms with Crippen molar-refractivity contribution in [3.63, 3.8) is 0 Å². The fourth-order valence-electron chi connectivity index (χ4n) is 2.57. The molecule has 0 spiro atoms. The number of aldehydes is 1. The lowest BCUT2D eigenvalue weighted by atomic mass is 9.85. The van der Waals surface area contributed by atoms with Crippen LogP contribution in [-0.4, -0.2) is 19.4 Å². The predicted molar refractivity (Wildman–Crippen MR) is 71.6 cm³/mol. The summed E-state index contributed by atoms with van der Waals surface area (Å²) in [5.74, 6) is -0.351. The van der Waals surface area contributed by atoms with Gasteiger partial charge < -0.3 is 4.90 Å². The highest BCUT2D eigenvalue weighted by Gasteiger charge is 2.24. The van der Waals surface area contributed by atoms with Crippen LogP contribution < -0.4 is 4.90 Å². The standard InChI is InChI=1S/C15H20FNO/c1-15(2)6-3-8-17(9-7-15)14-5-4-13(16)10-12(14)11-18/h4-5,10-11H,3,6-9H2,1-2H3. The van der Waals surface area contributed by atoms with E-state index in [1.54, 1.807) is 6.07 Å². The molecule has 1 saturated heterocycles. The minimum absolute atomic E-state index is 0.351. The maximum Gasteiger partial charge on any atom is 0.152 e. The molecule has 0 bridgehead atoms. The van der Waals surface area contributed by atoms with E-state index in [4.69, 9.17) is 0 Å². The number of nitrogens with zero attached hydrogens (tertiary/aromatic N) is 1. The molecule has 0 amide bonds. The van der Waals surface area contributed by atoms with Crippen LogP contribution in [0.3, 0.4) is 0 Å². The Bertz CT molecular complexity index is 442. The van der Waals surface area contributed by atoms with Crippen LogP contribution in [0.15, 0.2) is 18.2 Å². The summed E-state index contributed by atoms with van der Waals surface area (Å²) >= 11 is 0. The Labute approximate surface area is 108 Å². The zero-order chi connectivity index (χ0) is 13.2. The molecule has 0 N–H and O–H groups in total. The number of hydrogen-bond donors (Lipinski definition) is 0. The summed E-state index contributed by atoms with van der Waals surface area (Å²) in [7, 11) is 0. The lowest BCUT2D eigenvalue weighted by Gasteiger charge is -2.25. The minimum Gasteiger partial charge on any atom is -0.371 e. The molecule has 2 rings (SSSR count). The summed E-state index contributed by atoms with van der Waals surface area (Å²) < 4.78 is 13.1. The van der Waals surface area contributed by atoms with Gasteiger partial charge in [-0.25, -0.2) is 4.39 Å². The van der Waals surface area contributed by atoms with E-state index in [0.29, 0.717) is 11.0 Å². The average Bonchev–Trinajstić information content (AvgIpc) is 2.50. The van der Waals surface area contributed by atoms with E-state index in [-0.39, 0.29) is 5.82 Å². The van der Waals surface area contributed by atoms with Crippen LogP contribution in [0.4, 0.5) is 10.1 Å². The van der Waals surface area contributed by atoms with Crippen LogP contribution in [-0.2, 0) is 0 Å². The van der Waals surface area contributed by atoms with Gasteiger partial charge in [-0.1, -0.05) is 13.8 Å². The molecule has 2 nitrogen and oxygen atoms in total. The lowest BCUT2D eigenvalue weighted by molar-refractivity contribution is 0.112. The topological polar surface area (TPSA) is 20.3 Å². The first-order valence-electron chi connectivity index (χ1n) is 6.51. The molecule has 1 heterocycles. The van der Waals surface area contributed by atoms with Crippen molar-refractivity contribution in [3.05, 3.63) is 29.6 Å². The van der Waals surface area contributed by atoms with Gasteiger partial charge in [-0.15, -0.1) is 0 Å². The third-order valence-corrected chi connectivity index (χ3v) is 3.80. The molecular formula is C15H20FNO. The number of halogens is 1. The molecule has 1 aromatic rings. The van der Waals surface area contributed by atoms with Crippen LogP contribution in [0.25, 0.3) is 0 Å². The third kappa shape index (κ3) is 2.89. The second kappa shape index (κ2) is 5.09. The van der Waals surface area contributed by atoms with E-state index < -0.39 is 0 Å². The Hall–Kier alpha value is -1.38. The lowest BCUT2D eigenvalue weighted by Crippen LogP contribution is -2.26. The number of hydrogen-bond acceptors (Lipinski definition) is 2. The molecule has 0 radical (unpaired) electrons. The first-order chi connectivity index (χ1) is 8.52. The molecule has 0 unspecified atom stereocenters. The molecule has 1 fully saturated rings. The second-order valence-electron chi connectivity index (χ2n) is 5.83. The van der Waals surface area contributed by atoms with Crippen molar-refractivity contribution in [1.29, 1.82) is 0 Å². The highest BCUT2D eigenvalue weighted by atomic mass is 19.1. The van der Waals surface area contributed by atoms with Crippen molar-refractivity contribution < 1.29 is 9.18 Å². The maximum atomic E-state index is 13.1. The van der Waals surface area contributed by atoms with E-state index in [1.807, 2.05) is 0 Å². The Morgan fingerprint density at radius 3 is 2.78 bits per heavy atom. The molecule has 0 aromatic heterocycles. The maximum absolute atomic E-state index is 13.1.